The van der Waals surface area contributed by atoms with Gasteiger partial charge < -0.3 is 10.2 Å². The number of rotatable bonds is 12. The number of amides is 2. The molecule has 0 saturated carbocycles. The van der Waals surface area contributed by atoms with Gasteiger partial charge in [0.2, 0.25) is 11.8 Å². The van der Waals surface area contributed by atoms with Gasteiger partial charge in [0.25, 0.3) is 10.0 Å². The van der Waals surface area contributed by atoms with Gasteiger partial charge in [-0.2, -0.15) is 0 Å². The zero-order chi connectivity index (χ0) is 30.3. The molecule has 3 rings (SSSR count). The van der Waals surface area contributed by atoms with E-state index in [0.29, 0.717) is 33.6 Å². The molecule has 220 valence electrons. The van der Waals surface area contributed by atoms with Crippen molar-refractivity contribution in [2.75, 3.05) is 17.4 Å². The van der Waals surface area contributed by atoms with Crippen molar-refractivity contribution >= 4 is 62.3 Å². The number of carbonyl (C=O) groups is 2. The summed E-state index contributed by atoms with van der Waals surface area (Å²) in [6.45, 7) is 7.21. The highest BCUT2D eigenvalue weighted by Gasteiger charge is 2.34. The van der Waals surface area contributed by atoms with Gasteiger partial charge in [0, 0.05) is 28.2 Å². The van der Waals surface area contributed by atoms with Gasteiger partial charge in [-0.25, -0.2) is 8.42 Å². The Morgan fingerprint density at radius 1 is 0.902 bits per heavy atom. The highest BCUT2D eigenvalue weighted by atomic mass is 35.5. The second kappa shape index (κ2) is 14.4. The molecule has 0 spiro atoms. The number of sulfonamides is 1. The van der Waals surface area contributed by atoms with E-state index in [1.807, 2.05) is 13.8 Å². The maximum absolute atomic E-state index is 14.1. The monoisotopic (exact) mass is 637 g/mol. The summed E-state index contributed by atoms with van der Waals surface area (Å²) in [6.07, 6.45) is 1.02. The summed E-state index contributed by atoms with van der Waals surface area (Å²) >= 11 is 18.9. The fraction of sp³-hybridized carbons (Fsp3) is 0.333. The van der Waals surface area contributed by atoms with Crippen molar-refractivity contribution in [3.8, 4) is 0 Å². The van der Waals surface area contributed by atoms with Crippen molar-refractivity contribution in [2.24, 2.45) is 0 Å². The van der Waals surface area contributed by atoms with Crippen molar-refractivity contribution in [1.29, 1.82) is 0 Å². The van der Waals surface area contributed by atoms with E-state index in [9.17, 15) is 18.0 Å². The van der Waals surface area contributed by atoms with E-state index in [-0.39, 0.29) is 23.0 Å². The summed E-state index contributed by atoms with van der Waals surface area (Å²) in [4.78, 5) is 28.7. The quantitative estimate of drug-likeness (QED) is 0.237. The molecule has 0 aliphatic rings. The minimum absolute atomic E-state index is 0.0209. The molecule has 0 aliphatic heterocycles. The zero-order valence-electron chi connectivity index (χ0n) is 23.5. The van der Waals surface area contributed by atoms with Crippen LogP contribution in [0.25, 0.3) is 0 Å². The molecule has 3 aromatic carbocycles. The molecule has 0 aromatic heterocycles. The Bertz CT molecular complexity index is 1500. The Kier molecular flexibility index (Phi) is 11.5. The summed E-state index contributed by atoms with van der Waals surface area (Å²) < 4.78 is 28.9. The third-order valence-corrected chi connectivity index (χ3v) is 9.40. The molecule has 0 saturated heterocycles. The van der Waals surface area contributed by atoms with Crippen LogP contribution < -0.4 is 9.62 Å². The average Bonchev–Trinajstić information content (AvgIpc) is 2.93. The zero-order valence-corrected chi connectivity index (χ0v) is 26.5. The number of nitrogens with one attached hydrogen (secondary N) is 1. The van der Waals surface area contributed by atoms with Gasteiger partial charge in [-0.15, -0.1) is 0 Å². The maximum atomic E-state index is 14.1. The van der Waals surface area contributed by atoms with Crippen LogP contribution >= 0.6 is 34.8 Å². The first-order chi connectivity index (χ1) is 19.4. The Morgan fingerprint density at radius 3 is 2.17 bits per heavy atom. The summed E-state index contributed by atoms with van der Waals surface area (Å²) in [7, 11) is -4.20. The fourth-order valence-corrected chi connectivity index (χ4v) is 6.27. The van der Waals surface area contributed by atoms with E-state index < -0.39 is 28.5 Å². The molecule has 0 aliphatic carbocycles. The van der Waals surface area contributed by atoms with Gasteiger partial charge in [0.05, 0.1) is 10.6 Å². The van der Waals surface area contributed by atoms with Gasteiger partial charge in [-0.3, -0.25) is 13.9 Å². The van der Waals surface area contributed by atoms with Crippen molar-refractivity contribution in [2.45, 2.75) is 58.0 Å². The lowest BCUT2D eigenvalue weighted by molar-refractivity contribution is -0.140. The Hall–Kier alpha value is -2.78. The van der Waals surface area contributed by atoms with Gasteiger partial charge in [0.1, 0.15) is 12.6 Å². The predicted molar refractivity (Wildman–Crippen MR) is 166 cm³/mol. The molecule has 11 heteroatoms. The molecule has 2 amide bonds. The van der Waals surface area contributed by atoms with E-state index >= 15 is 0 Å². The molecular formula is C30H34Cl3N3O4S. The molecule has 1 N–H and O–H groups in total. The maximum Gasteiger partial charge on any atom is 0.264 e. The number of carbonyl (C=O) groups excluding carboxylic acids is 2. The third-order valence-electron chi connectivity index (χ3n) is 6.62. The van der Waals surface area contributed by atoms with Crippen LogP contribution in [0.2, 0.25) is 15.1 Å². The van der Waals surface area contributed by atoms with Crippen LogP contribution in [0.15, 0.2) is 65.6 Å². The Morgan fingerprint density at radius 2 is 1.59 bits per heavy atom. The lowest BCUT2D eigenvalue weighted by Gasteiger charge is -2.33. The minimum Gasteiger partial charge on any atom is -0.354 e. The fourth-order valence-electron chi connectivity index (χ4n) is 4.22. The molecule has 41 heavy (non-hydrogen) atoms. The first-order valence-electron chi connectivity index (χ1n) is 13.3. The van der Waals surface area contributed by atoms with Gasteiger partial charge in [-0.1, -0.05) is 78.5 Å². The molecule has 3 aromatic rings. The molecule has 0 heterocycles. The number of nitrogens with zero attached hydrogens (tertiary/aromatic N) is 2. The van der Waals surface area contributed by atoms with Gasteiger partial charge in [-0.05, 0) is 74.2 Å². The van der Waals surface area contributed by atoms with Crippen molar-refractivity contribution in [3.05, 3.63) is 92.4 Å². The Labute approximate surface area is 257 Å². The van der Waals surface area contributed by atoms with Crippen LogP contribution in [0.4, 0.5) is 5.69 Å². The summed E-state index contributed by atoms with van der Waals surface area (Å²) in [5.74, 6) is -0.916. The lowest BCUT2D eigenvalue weighted by Crippen LogP contribution is -2.52. The van der Waals surface area contributed by atoms with E-state index in [0.717, 1.165) is 21.9 Å². The smallest absolute Gasteiger partial charge is 0.264 e. The molecular weight excluding hydrogens is 605 g/mol. The molecule has 0 fully saturated rings. The first-order valence-corrected chi connectivity index (χ1v) is 15.8. The van der Waals surface area contributed by atoms with Gasteiger partial charge in [0.15, 0.2) is 0 Å². The van der Waals surface area contributed by atoms with Crippen LogP contribution in [0.5, 0.6) is 0 Å². The van der Waals surface area contributed by atoms with E-state index in [4.69, 9.17) is 34.8 Å². The number of aryl methyl sites for hydroxylation is 2. The SMILES string of the molecule is CCCNC(=O)[C@@H](CC)N(Cc1ccc(Cl)cc1Cl)C(=O)CN(c1ccc(C)c(Cl)c1)S(=O)(=O)c1ccc(C)cc1. The average molecular weight is 639 g/mol. The highest BCUT2D eigenvalue weighted by Crippen LogP contribution is 2.29. The number of benzene rings is 3. The van der Waals surface area contributed by atoms with Crippen LogP contribution in [0.3, 0.4) is 0 Å². The number of hydrogen-bond acceptors (Lipinski definition) is 4. The minimum atomic E-state index is -4.20. The van der Waals surface area contributed by atoms with E-state index in [2.05, 4.69) is 5.32 Å². The van der Waals surface area contributed by atoms with Crippen molar-refractivity contribution < 1.29 is 18.0 Å². The van der Waals surface area contributed by atoms with Gasteiger partial charge >= 0.3 is 0 Å². The topological polar surface area (TPSA) is 86.8 Å². The summed E-state index contributed by atoms with van der Waals surface area (Å²) in [5.41, 5.74) is 2.44. The number of halogens is 3. The largest absolute Gasteiger partial charge is 0.354 e. The van der Waals surface area contributed by atoms with E-state index in [1.165, 1.54) is 23.1 Å². The van der Waals surface area contributed by atoms with Crippen LogP contribution in [-0.2, 0) is 26.2 Å². The standard InChI is InChI=1S/C30H34Cl3N3O4S/c1-5-15-34-30(38)28(6-2)35(18-22-10-11-23(31)16-27(22)33)29(37)19-36(24-12-9-21(4)26(32)17-24)41(39,40)25-13-7-20(3)8-14-25/h7-14,16-17,28H,5-6,15,18-19H2,1-4H3,(H,34,38)/t28-/m1/s1. The predicted octanol–water partition coefficient (Wildman–Crippen LogP) is 6.79. The summed E-state index contributed by atoms with van der Waals surface area (Å²) in [5, 5.41) is 3.96. The van der Waals surface area contributed by atoms with Crippen LogP contribution in [-0.4, -0.2) is 44.3 Å². The first kappa shape index (κ1) is 32.7. The highest BCUT2D eigenvalue weighted by molar-refractivity contribution is 7.92. The van der Waals surface area contributed by atoms with Crippen molar-refractivity contribution in [1.82, 2.24) is 10.2 Å². The second-order valence-electron chi connectivity index (χ2n) is 9.73. The molecule has 1 atom stereocenters. The number of hydrogen-bond donors (Lipinski definition) is 1. The second-order valence-corrected chi connectivity index (χ2v) is 12.8. The van der Waals surface area contributed by atoms with Crippen LogP contribution in [0, 0.1) is 13.8 Å². The molecule has 0 radical (unpaired) electrons. The summed E-state index contributed by atoms with van der Waals surface area (Å²) in [6, 6.07) is 15.2. The number of anilines is 1. The third kappa shape index (κ3) is 8.16. The van der Waals surface area contributed by atoms with Crippen LogP contribution in [0.1, 0.15) is 43.4 Å². The Balaban J connectivity index is 2.10. The van der Waals surface area contributed by atoms with Crippen molar-refractivity contribution in [3.63, 3.8) is 0 Å². The molecule has 0 bridgehead atoms. The van der Waals surface area contributed by atoms with E-state index in [1.54, 1.807) is 56.3 Å². The lowest BCUT2D eigenvalue weighted by atomic mass is 10.1. The normalized spacial score (nSPS) is 12.1. The molecule has 7 nitrogen and oxygen atoms in total. The molecule has 0 unspecified atom stereocenters.